The van der Waals surface area contributed by atoms with E-state index in [1.165, 1.54) is 11.0 Å². The number of hydrogen-bond acceptors (Lipinski definition) is 4. The third-order valence-corrected chi connectivity index (χ3v) is 3.92. The Kier molecular flexibility index (Phi) is 7.20. The van der Waals surface area contributed by atoms with Gasteiger partial charge in [0.25, 0.3) is 11.8 Å². The quantitative estimate of drug-likeness (QED) is 0.795. The third kappa shape index (κ3) is 6.18. The van der Waals surface area contributed by atoms with Gasteiger partial charge in [-0.2, -0.15) is 0 Å². The first-order valence-electron chi connectivity index (χ1n) is 9.01. The Hall–Kier alpha value is -1.85. The van der Waals surface area contributed by atoms with E-state index in [0.717, 1.165) is 18.4 Å². The van der Waals surface area contributed by atoms with Crippen molar-refractivity contribution in [2.75, 3.05) is 0 Å². The SMILES string of the molecule is CCCC1C(C)=CC(=O)N1C(=O)[C@@H](CC(C)C)NC(=O)OC(C)(C)C. The summed E-state index contributed by atoms with van der Waals surface area (Å²) in [6.07, 6.45) is 2.90. The molecule has 1 aliphatic rings. The number of ether oxygens (including phenoxy) is 1. The highest BCUT2D eigenvalue weighted by molar-refractivity contribution is 6.06. The van der Waals surface area contributed by atoms with Gasteiger partial charge in [0.05, 0.1) is 6.04 Å². The van der Waals surface area contributed by atoms with E-state index in [2.05, 4.69) is 5.32 Å². The van der Waals surface area contributed by atoms with Crippen molar-refractivity contribution in [2.45, 2.75) is 85.4 Å². The summed E-state index contributed by atoms with van der Waals surface area (Å²) in [7, 11) is 0. The summed E-state index contributed by atoms with van der Waals surface area (Å²) in [5.41, 5.74) is 0.239. The monoisotopic (exact) mass is 352 g/mol. The predicted octanol–water partition coefficient (Wildman–Crippen LogP) is 3.41. The molecule has 1 heterocycles. The number of hydrogen-bond donors (Lipinski definition) is 1. The minimum absolute atomic E-state index is 0.181. The summed E-state index contributed by atoms with van der Waals surface area (Å²) in [5, 5.41) is 2.65. The van der Waals surface area contributed by atoms with Gasteiger partial charge < -0.3 is 10.1 Å². The van der Waals surface area contributed by atoms with Crippen molar-refractivity contribution in [3.05, 3.63) is 11.6 Å². The lowest BCUT2D eigenvalue weighted by molar-refractivity contribution is -0.144. The van der Waals surface area contributed by atoms with Crippen LogP contribution in [0.4, 0.5) is 4.79 Å². The lowest BCUT2D eigenvalue weighted by atomic mass is 10.0. The standard InChI is InChI=1S/C19H32N2O4/c1-8-9-15-13(4)11-16(22)21(15)17(23)14(10-12(2)3)20-18(24)25-19(5,6)7/h11-12,14-15H,8-10H2,1-7H3,(H,20,24)/t14-,15?/m1/s1. The van der Waals surface area contributed by atoms with Crippen molar-refractivity contribution in [3.8, 4) is 0 Å². The van der Waals surface area contributed by atoms with Gasteiger partial charge in [0.1, 0.15) is 11.6 Å². The second-order valence-corrected chi connectivity index (χ2v) is 8.07. The first kappa shape index (κ1) is 21.2. The van der Waals surface area contributed by atoms with Gasteiger partial charge in [0.15, 0.2) is 0 Å². The molecule has 0 spiro atoms. The molecule has 1 aliphatic heterocycles. The normalized spacial score (nSPS) is 19.0. The number of nitrogens with one attached hydrogen (secondary N) is 1. The number of carbonyl (C=O) groups excluding carboxylic acids is 3. The molecule has 0 aliphatic carbocycles. The minimum atomic E-state index is -0.780. The Bertz CT molecular complexity index is 546. The van der Waals surface area contributed by atoms with Crippen molar-refractivity contribution in [1.29, 1.82) is 0 Å². The maximum absolute atomic E-state index is 13.0. The molecule has 0 fully saturated rings. The summed E-state index contributed by atoms with van der Waals surface area (Å²) in [6, 6.07) is -1.00. The number of nitrogens with zero attached hydrogens (tertiary/aromatic N) is 1. The fourth-order valence-corrected chi connectivity index (χ4v) is 2.92. The van der Waals surface area contributed by atoms with Crippen LogP contribution in [0.3, 0.4) is 0 Å². The fraction of sp³-hybridized carbons (Fsp3) is 0.737. The zero-order valence-corrected chi connectivity index (χ0v) is 16.5. The summed E-state index contributed by atoms with van der Waals surface area (Å²) in [6.45, 7) is 13.1. The Morgan fingerprint density at radius 3 is 2.40 bits per heavy atom. The van der Waals surface area contributed by atoms with Gasteiger partial charge in [-0.1, -0.05) is 27.2 Å². The zero-order valence-electron chi connectivity index (χ0n) is 16.5. The summed E-state index contributed by atoms with van der Waals surface area (Å²) < 4.78 is 5.27. The van der Waals surface area contributed by atoms with E-state index in [1.807, 2.05) is 27.7 Å². The highest BCUT2D eigenvalue weighted by Gasteiger charge is 2.39. The van der Waals surface area contributed by atoms with Crippen molar-refractivity contribution in [3.63, 3.8) is 0 Å². The Morgan fingerprint density at radius 1 is 1.32 bits per heavy atom. The van der Waals surface area contributed by atoms with Crippen molar-refractivity contribution in [2.24, 2.45) is 5.92 Å². The molecule has 6 nitrogen and oxygen atoms in total. The molecule has 1 rings (SSSR count). The van der Waals surface area contributed by atoms with Gasteiger partial charge in [-0.3, -0.25) is 14.5 Å². The number of imide groups is 1. The van der Waals surface area contributed by atoms with E-state index >= 15 is 0 Å². The largest absolute Gasteiger partial charge is 0.444 e. The van der Waals surface area contributed by atoms with Gasteiger partial charge in [-0.05, 0) is 52.0 Å². The van der Waals surface area contributed by atoms with Gasteiger partial charge >= 0.3 is 6.09 Å². The lowest BCUT2D eigenvalue weighted by Gasteiger charge is -2.30. The summed E-state index contributed by atoms with van der Waals surface area (Å²) in [4.78, 5) is 38.7. The molecule has 0 saturated heterocycles. The molecule has 2 atom stereocenters. The highest BCUT2D eigenvalue weighted by Crippen LogP contribution is 2.25. The van der Waals surface area contributed by atoms with Crippen LogP contribution in [0.5, 0.6) is 0 Å². The first-order valence-corrected chi connectivity index (χ1v) is 9.01. The molecule has 25 heavy (non-hydrogen) atoms. The minimum Gasteiger partial charge on any atom is -0.444 e. The molecule has 0 aromatic rings. The summed E-state index contributed by atoms with van der Waals surface area (Å²) >= 11 is 0. The van der Waals surface area contributed by atoms with Crippen LogP contribution in [0.2, 0.25) is 0 Å². The predicted molar refractivity (Wildman–Crippen MR) is 96.9 cm³/mol. The average molecular weight is 352 g/mol. The molecule has 1 N–H and O–H groups in total. The van der Waals surface area contributed by atoms with Gasteiger partial charge in [0, 0.05) is 6.08 Å². The lowest BCUT2D eigenvalue weighted by Crippen LogP contribution is -2.53. The van der Waals surface area contributed by atoms with E-state index < -0.39 is 17.7 Å². The van der Waals surface area contributed by atoms with Crippen LogP contribution in [0, 0.1) is 5.92 Å². The topological polar surface area (TPSA) is 75.7 Å². The second kappa shape index (κ2) is 8.50. The van der Waals surface area contributed by atoms with E-state index in [0.29, 0.717) is 6.42 Å². The van der Waals surface area contributed by atoms with Gasteiger partial charge in [-0.15, -0.1) is 0 Å². The van der Waals surface area contributed by atoms with Crippen LogP contribution in [-0.4, -0.2) is 40.5 Å². The number of amides is 3. The molecule has 142 valence electrons. The molecule has 0 bridgehead atoms. The average Bonchev–Trinajstić information content (AvgIpc) is 2.69. The smallest absolute Gasteiger partial charge is 0.408 e. The molecule has 1 unspecified atom stereocenters. The highest BCUT2D eigenvalue weighted by atomic mass is 16.6. The molecule has 0 radical (unpaired) electrons. The van der Waals surface area contributed by atoms with E-state index in [9.17, 15) is 14.4 Å². The molecule has 0 saturated carbocycles. The molecule has 3 amide bonds. The van der Waals surface area contributed by atoms with Crippen LogP contribution in [0.25, 0.3) is 0 Å². The molecule has 0 aromatic heterocycles. The molecule has 6 heteroatoms. The molecular weight excluding hydrogens is 320 g/mol. The zero-order chi connectivity index (χ0) is 19.4. The first-order chi connectivity index (χ1) is 11.5. The van der Waals surface area contributed by atoms with Gasteiger partial charge in [0.2, 0.25) is 0 Å². The van der Waals surface area contributed by atoms with E-state index in [4.69, 9.17) is 4.74 Å². The fourth-order valence-electron chi connectivity index (χ4n) is 2.92. The van der Waals surface area contributed by atoms with Crippen LogP contribution < -0.4 is 5.32 Å². The van der Waals surface area contributed by atoms with Gasteiger partial charge in [-0.25, -0.2) is 4.79 Å². The Labute approximate surface area is 151 Å². The third-order valence-electron chi connectivity index (χ3n) is 3.92. The molecule has 0 aromatic carbocycles. The van der Waals surface area contributed by atoms with Crippen molar-refractivity contribution in [1.82, 2.24) is 10.2 Å². The van der Waals surface area contributed by atoms with Crippen LogP contribution >= 0.6 is 0 Å². The van der Waals surface area contributed by atoms with Crippen LogP contribution in [-0.2, 0) is 14.3 Å². The van der Waals surface area contributed by atoms with Crippen LogP contribution in [0.1, 0.15) is 67.7 Å². The number of carbonyl (C=O) groups is 3. The Balaban J connectivity index is 2.96. The second-order valence-electron chi connectivity index (χ2n) is 8.07. The molecular formula is C19H32N2O4. The number of alkyl carbamates (subject to hydrolysis) is 1. The van der Waals surface area contributed by atoms with Crippen molar-refractivity contribution >= 4 is 17.9 Å². The Morgan fingerprint density at radius 2 is 1.92 bits per heavy atom. The van der Waals surface area contributed by atoms with E-state index in [1.54, 1.807) is 20.8 Å². The van der Waals surface area contributed by atoms with Crippen molar-refractivity contribution < 1.29 is 19.1 Å². The number of rotatable bonds is 6. The van der Waals surface area contributed by atoms with Crippen LogP contribution in [0.15, 0.2) is 11.6 Å². The maximum Gasteiger partial charge on any atom is 0.408 e. The maximum atomic E-state index is 13.0. The van der Waals surface area contributed by atoms with E-state index in [-0.39, 0.29) is 23.8 Å². The summed E-state index contributed by atoms with van der Waals surface area (Å²) in [5.74, 6) is -0.489.